The van der Waals surface area contributed by atoms with Crippen molar-refractivity contribution in [2.24, 2.45) is 0 Å². The number of amides is 1. The summed E-state index contributed by atoms with van der Waals surface area (Å²) in [6.45, 7) is 2.65. The van der Waals surface area contributed by atoms with E-state index < -0.39 is 0 Å². The first kappa shape index (κ1) is 20.3. The lowest BCUT2D eigenvalue weighted by Gasteiger charge is -2.20. The average molecular weight is 420 g/mol. The van der Waals surface area contributed by atoms with Crippen LogP contribution in [-0.4, -0.2) is 24.4 Å². The van der Waals surface area contributed by atoms with E-state index >= 15 is 0 Å². The van der Waals surface area contributed by atoms with Gasteiger partial charge in [-0.2, -0.15) is 0 Å². The predicted octanol–water partition coefficient (Wildman–Crippen LogP) is 5.61. The standard InChI is InChI=1S/C18H18Cl4N2O/c1-11(15-6-5-14(20)8-17(15)22)23-18(25)10-24(2)9-12-3-4-13(19)7-16(12)21/h3-8,11H,9-10H2,1-2H3,(H,23,25)/t11-/m1/s1. The van der Waals surface area contributed by atoms with E-state index in [1.54, 1.807) is 24.3 Å². The number of nitrogens with one attached hydrogen (secondary N) is 1. The Bertz CT molecular complexity index is 767. The van der Waals surface area contributed by atoms with Crippen LogP contribution in [0, 0.1) is 0 Å². The number of carbonyl (C=O) groups excluding carboxylic acids is 1. The Kier molecular flexibility index (Phi) is 7.41. The summed E-state index contributed by atoms with van der Waals surface area (Å²) in [4.78, 5) is 14.1. The second kappa shape index (κ2) is 9.11. The summed E-state index contributed by atoms with van der Waals surface area (Å²) in [7, 11) is 1.85. The van der Waals surface area contributed by atoms with E-state index in [1.807, 2.05) is 31.0 Å². The second-order valence-electron chi connectivity index (χ2n) is 5.86. The molecule has 0 unspecified atom stereocenters. The minimum absolute atomic E-state index is 0.105. The molecule has 0 fully saturated rings. The molecule has 0 radical (unpaired) electrons. The number of hydrogen-bond acceptors (Lipinski definition) is 2. The number of nitrogens with zero attached hydrogens (tertiary/aromatic N) is 1. The zero-order valence-electron chi connectivity index (χ0n) is 13.8. The van der Waals surface area contributed by atoms with Crippen LogP contribution in [0.3, 0.4) is 0 Å². The summed E-state index contributed by atoms with van der Waals surface area (Å²) in [5.74, 6) is -0.105. The summed E-state index contributed by atoms with van der Waals surface area (Å²) < 4.78 is 0. The van der Waals surface area contributed by atoms with Crippen molar-refractivity contribution in [3.8, 4) is 0 Å². The maximum Gasteiger partial charge on any atom is 0.234 e. The molecule has 0 aliphatic heterocycles. The molecule has 0 aliphatic carbocycles. The highest BCUT2D eigenvalue weighted by Gasteiger charge is 2.15. The molecule has 1 N–H and O–H groups in total. The highest BCUT2D eigenvalue weighted by Crippen LogP contribution is 2.26. The van der Waals surface area contributed by atoms with Gasteiger partial charge in [-0.15, -0.1) is 0 Å². The monoisotopic (exact) mass is 418 g/mol. The number of halogens is 4. The van der Waals surface area contributed by atoms with Crippen LogP contribution >= 0.6 is 46.4 Å². The Labute approximate surface area is 167 Å². The Balaban J connectivity index is 1.92. The Hall–Kier alpha value is -0.970. The topological polar surface area (TPSA) is 32.3 Å². The van der Waals surface area contributed by atoms with Crippen LogP contribution in [0.5, 0.6) is 0 Å². The van der Waals surface area contributed by atoms with Crippen LogP contribution in [0.15, 0.2) is 36.4 Å². The van der Waals surface area contributed by atoms with Crippen molar-refractivity contribution < 1.29 is 4.79 Å². The van der Waals surface area contributed by atoms with Gasteiger partial charge >= 0.3 is 0 Å². The quantitative estimate of drug-likeness (QED) is 0.659. The van der Waals surface area contributed by atoms with Crippen LogP contribution in [0.25, 0.3) is 0 Å². The molecule has 2 aromatic rings. The zero-order valence-corrected chi connectivity index (χ0v) is 16.8. The molecule has 0 saturated carbocycles. The van der Waals surface area contributed by atoms with Crippen molar-refractivity contribution >= 4 is 52.3 Å². The van der Waals surface area contributed by atoms with Crippen LogP contribution in [-0.2, 0) is 11.3 Å². The van der Waals surface area contributed by atoms with Gasteiger partial charge in [0, 0.05) is 26.6 Å². The Morgan fingerprint density at radius 3 is 2.24 bits per heavy atom. The van der Waals surface area contributed by atoms with Crippen LogP contribution in [0.2, 0.25) is 20.1 Å². The molecular formula is C18H18Cl4N2O. The van der Waals surface area contributed by atoms with Crippen LogP contribution in [0.4, 0.5) is 0 Å². The van der Waals surface area contributed by atoms with Gasteiger partial charge in [0.15, 0.2) is 0 Å². The summed E-state index contributed by atoms with van der Waals surface area (Å²) in [5.41, 5.74) is 1.73. The van der Waals surface area contributed by atoms with Crippen molar-refractivity contribution in [2.45, 2.75) is 19.5 Å². The predicted molar refractivity (Wildman–Crippen MR) is 106 cm³/mol. The van der Waals surface area contributed by atoms with E-state index in [1.165, 1.54) is 0 Å². The molecule has 134 valence electrons. The number of benzene rings is 2. The largest absolute Gasteiger partial charge is 0.348 e. The molecule has 1 amide bonds. The maximum atomic E-state index is 12.3. The minimum atomic E-state index is -0.218. The Morgan fingerprint density at radius 2 is 1.64 bits per heavy atom. The van der Waals surface area contributed by atoms with Crippen LogP contribution < -0.4 is 5.32 Å². The average Bonchev–Trinajstić information content (AvgIpc) is 2.49. The van der Waals surface area contributed by atoms with Gasteiger partial charge in [-0.3, -0.25) is 9.69 Å². The lowest BCUT2D eigenvalue weighted by Crippen LogP contribution is -2.36. The number of rotatable bonds is 6. The van der Waals surface area contributed by atoms with E-state index in [2.05, 4.69) is 5.32 Å². The summed E-state index contributed by atoms with van der Waals surface area (Å²) in [5, 5.41) is 5.20. The highest BCUT2D eigenvalue weighted by molar-refractivity contribution is 6.35. The van der Waals surface area contributed by atoms with E-state index in [0.717, 1.165) is 11.1 Å². The van der Waals surface area contributed by atoms with E-state index in [0.29, 0.717) is 26.6 Å². The number of hydrogen-bond donors (Lipinski definition) is 1. The van der Waals surface area contributed by atoms with Gasteiger partial charge in [0.1, 0.15) is 0 Å². The van der Waals surface area contributed by atoms with Gasteiger partial charge in [0.2, 0.25) is 5.91 Å². The molecule has 1 atom stereocenters. The molecule has 0 heterocycles. The maximum absolute atomic E-state index is 12.3. The van der Waals surface area contributed by atoms with Gasteiger partial charge in [0.25, 0.3) is 0 Å². The lowest BCUT2D eigenvalue weighted by molar-refractivity contribution is -0.122. The van der Waals surface area contributed by atoms with E-state index in [9.17, 15) is 4.79 Å². The summed E-state index contributed by atoms with van der Waals surface area (Å²) in [6.07, 6.45) is 0. The van der Waals surface area contributed by atoms with Crippen molar-refractivity contribution in [1.82, 2.24) is 10.2 Å². The third kappa shape index (κ3) is 6.05. The fraction of sp³-hybridized carbons (Fsp3) is 0.278. The molecule has 0 spiro atoms. The van der Waals surface area contributed by atoms with Gasteiger partial charge in [-0.05, 0) is 49.4 Å². The first-order valence-electron chi connectivity index (χ1n) is 7.63. The van der Waals surface area contributed by atoms with Crippen molar-refractivity contribution in [2.75, 3.05) is 13.6 Å². The molecule has 3 nitrogen and oxygen atoms in total. The lowest BCUT2D eigenvalue weighted by atomic mass is 10.1. The van der Waals surface area contributed by atoms with Crippen molar-refractivity contribution in [1.29, 1.82) is 0 Å². The van der Waals surface area contributed by atoms with Crippen molar-refractivity contribution in [3.63, 3.8) is 0 Å². The minimum Gasteiger partial charge on any atom is -0.348 e. The van der Waals surface area contributed by atoms with Crippen molar-refractivity contribution in [3.05, 3.63) is 67.6 Å². The molecule has 0 saturated heterocycles. The highest BCUT2D eigenvalue weighted by atomic mass is 35.5. The summed E-state index contributed by atoms with van der Waals surface area (Å²) >= 11 is 24.1. The molecule has 7 heteroatoms. The molecular weight excluding hydrogens is 402 g/mol. The molecule has 0 aromatic heterocycles. The zero-order chi connectivity index (χ0) is 18.6. The normalized spacial score (nSPS) is 12.3. The smallest absolute Gasteiger partial charge is 0.234 e. The molecule has 25 heavy (non-hydrogen) atoms. The van der Waals surface area contributed by atoms with Gasteiger partial charge in [-0.1, -0.05) is 58.5 Å². The molecule has 2 aromatic carbocycles. The third-order valence-electron chi connectivity index (χ3n) is 3.68. The van der Waals surface area contributed by atoms with E-state index in [4.69, 9.17) is 46.4 Å². The third-order valence-corrected chi connectivity index (χ3v) is 4.82. The SMILES string of the molecule is C[C@@H](NC(=O)CN(C)Cc1ccc(Cl)cc1Cl)c1ccc(Cl)cc1Cl. The van der Waals surface area contributed by atoms with Gasteiger partial charge in [0.05, 0.1) is 12.6 Å². The molecule has 2 rings (SSSR count). The van der Waals surface area contributed by atoms with E-state index in [-0.39, 0.29) is 18.5 Å². The second-order valence-corrected chi connectivity index (χ2v) is 7.55. The first-order chi connectivity index (χ1) is 11.8. The fourth-order valence-corrected chi connectivity index (χ4v) is 3.50. The first-order valence-corrected chi connectivity index (χ1v) is 9.14. The number of carbonyl (C=O) groups is 1. The van der Waals surface area contributed by atoms with Gasteiger partial charge in [-0.25, -0.2) is 0 Å². The number of likely N-dealkylation sites (N-methyl/N-ethyl adjacent to an activating group) is 1. The Morgan fingerprint density at radius 1 is 1.04 bits per heavy atom. The van der Waals surface area contributed by atoms with Crippen LogP contribution in [0.1, 0.15) is 24.1 Å². The molecule has 0 aliphatic rings. The fourth-order valence-electron chi connectivity index (χ4n) is 2.46. The summed E-state index contributed by atoms with van der Waals surface area (Å²) in [6, 6.07) is 10.3. The van der Waals surface area contributed by atoms with Gasteiger partial charge < -0.3 is 5.32 Å². The molecule has 0 bridgehead atoms.